The molecule has 1 aromatic heterocycles. The molecule has 0 saturated heterocycles. The van der Waals surface area contributed by atoms with Crippen LogP contribution in [-0.4, -0.2) is 42.1 Å². The number of aromatic nitrogens is 1. The van der Waals surface area contributed by atoms with Crippen LogP contribution in [0.2, 0.25) is 0 Å². The van der Waals surface area contributed by atoms with Gasteiger partial charge in [-0.2, -0.15) is 0 Å². The fraction of sp³-hybridized carbons (Fsp3) is 0.524. The molecule has 30 heavy (non-hydrogen) atoms. The van der Waals surface area contributed by atoms with Gasteiger partial charge in [0.25, 0.3) is 0 Å². The first-order valence-electron chi connectivity index (χ1n) is 9.96. The summed E-state index contributed by atoms with van der Waals surface area (Å²) in [6.45, 7) is 10.8. The fourth-order valence-electron chi connectivity index (χ4n) is 3.02. The second-order valence-corrected chi connectivity index (χ2v) is 9.63. The van der Waals surface area contributed by atoms with Crippen LogP contribution in [0.1, 0.15) is 52.8 Å². The van der Waals surface area contributed by atoms with Crippen molar-refractivity contribution < 1.29 is 32.7 Å². The van der Waals surface area contributed by atoms with Crippen molar-refractivity contribution in [1.82, 2.24) is 4.57 Å². The van der Waals surface area contributed by atoms with E-state index in [9.17, 15) is 14.2 Å². The molecule has 8 nitrogen and oxygen atoms in total. The van der Waals surface area contributed by atoms with Crippen molar-refractivity contribution in [1.29, 1.82) is 0 Å². The van der Waals surface area contributed by atoms with Gasteiger partial charge < -0.3 is 18.5 Å². The van der Waals surface area contributed by atoms with Crippen LogP contribution >= 0.6 is 7.60 Å². The van der Waals surface area contributed by atoms with Crippen molar-refractivity contribution in [3.05, 3.63) is 36.0 Å². The van der Waals surface area contributed by atoms with E-state index in [1.807, 2.05) is 0 Å². The number of rotatable bonds is 8. The van der Waals surface area contributed by atoms with Crippen LogP contribution in [0.5, 0.6) is 0 Å². The van der Waals surface area contributed by atoms with Crippen LogP contribution in [0.4, 0.5) is 4.79 Å². The molecule has 0 amide bonds. The normalized spacial score (nSPS) is 13.3. The summed E-state index contributed by atoms with van der Waals surface area (Å²) in [4.78, 5) is 25.2. The van der Waals surface area contributed by atoms with Gasteiger partial charge in [-0.05, 0) is 65.3 Å². The van der Waals surface area contributed by atoms with Crippen LogP contribution < -0.4 is 0 Å². The lowest BCUT2D eigenvalue weighted by atomic mass is 10.1. The van der Waals surface area contributed by atoms with Crippen LogP contribution in [-0.2, 0) is 27.9 Å². The average Bonchev–Trinajstić information content (AvgIpc) is 3.04. The number of fused-ring (bicyclic) bond motifs is 1. The Hall–Kier alpha value is -2.15. The molecule has 0 N–H and O–H groups in total. The van der Waals surface area contributed by atoms with E-state index in [2.05, 4.69) is 0 Å². The smallest absolute Gasteiger partial charge is 0.418 e. The number of ether oxygens (including phenoxy) is 2. The number of carbonyl (C=O) groups is 2. The van der Waals surface area contributed by atoms with Gasteiger partial charge in [0.05, 0.1) is 25.3 Å². The van der Waals surface area contributed by atoms with E-state index in [-0.39, 0.29) is 19.8 Å². The van der Waals surface area contributed by atoms with Gasteiger partial charge in [0.1, 0.15) is 5.60 Å². The van der Waals surface area contributed by atoms with Crippen molar-refractivity contribution in [2.75, 3.05) is 19.8 Å². The van der Waals surface area contributed by atoms with E-state index in [0.717, 1.165) is 0 Å². The lowest BCUT2D eigenvalue weighted by Gasteiger charge is -2.25. The number of esters is 1. The first kappa shape index (κ1) is 24.1. The number of hydrogen-bond acceptors (Lipinski definition) is 7. The number of benzene rings is 1. The standard InChI is InChI=1S/C21H30NO7P/c1-7-26-19(23)18(30(25,27-8-2)28-9-3)16-10-11-17-15(14-16)12-13-22(17)20(24)29-21(4,5)6/h10-14,18H,7-9H2,1-6H3. The molecule has 0 aliphatic rings. The minimum atomic E-state index is -3.83. The van der Waals surface area contributed by atoms with E-state index in [0.29, 0.717) is 16.5 Å². The summed E-state index contributed by atoms with van der Waals surface area (Å²) < 4.78 is 36.2. The third-order valence-electron chi connectivity index (χ3n) is 4.06. The molecule has 1 heterocycles. The molecule has 1 aromatic carbocycles. The molecule has 0 aliphatic heterocycles. The van der Waals surface area contributed by atoms with Gasteiger partial charge in [0.15, 0.2) is 5.66 Å². The lowest BCUT2D eigenvalue weighted by molar-refractivity contribution is -0.143. The average molecular weight is 439 g/mol. The van der Waals surface area contributed by atoms with Crippen LogP contribution in [0.25, 0.3) is 10.9 Å². The molecule has 2 aromatic rings. The maximum atomic E-state index is 13.4. The Morgan fingerprint density at radius 1 is 1.03 bits per heavy atom. The minimum Gasteiger partial charge on any atom is -0.465 e. The Balaban J connectivity index is 2.52. The van der Waals surface area contributed by atoms with E-state index in [1.54, 1.807) is 72.0 Å². The third kappa shape index (κ3) is 5.50. The van der Waals surface area contributed by atoms with Gasteiger partial charge >= 0.3 is 19.7 Å². The molecule has 2 rings (SSSR count). The highest BCUT2D eigenvalue weighted by molar-refractivity contribution is 7.55. The molecule has 0 radical (unpaired) electrons. The largest absolute Gasteiger partial charge is 0.465 e. The highest BCUT2D eigenvalue weighted by atomic mass is 31.2. The summed E-state index contributed by atoms with van der Waals surface area (Å²) in [7, 11) is -3.83. The zero-order valence-corrected chi connectivity index (χ0v) is 19.2. The molecular weight excluding hydrogens is 409 g/mol. The van der Waals surface area contributed by atoms with E-state index >= 15 is 0 Å². The monoisotopic (exact) mass is 439 g/mol. The first-order chi connectivity index (χ1) is 14.1. The number of hydrogen-bond donors (Lipinski definition) is 0. The molecule has 0 spiro atoms. The lowest BCUT2D eigenvalue weighted by Crippen LogP contribution is -2.26. The molecule has 0 bridgehead atoms. The van der Waals surface area contributed by atoms with Gasteiger partial charge in [-0.15, -0.1) is 0 Å². The third-order valence-corrected chi connectivity index (χ3v) is 6.44. The second kappa shape index (κ2) is 9.77. The predicted molar refractivity (Wildman–Crippen MR) is 114 cm³/mol. The summed E-state index contributed by atoms with van der Waals surface area (Å²) in [6, 6.07) is 6.69. The zero-order chi connectivity index (χ0) is 22.5. The Morgan fingerprint density at radius 2 is 1.67 bits per heavy atom. The molecule has 166 valence electrons. The van der Waals surface area contributed by atoms with E-state index in [4.69, 9.17) is 18.5 Å². The Labute approximate surface area is 177 Å². The molecule has 0 fully saturated rings. The molecule has 1 atom stereocenters. The topological polar surface area (TPSA) is 93.1 Å². The summed E-state index contributed by atoms with van der Waals surface area (Å²) in [6.07, 6.45) is 1.08. The maximum absolute atomic E-state index is 13.4. The summed E-state index contributed by atoms with van der Waals surface area (Å²) in [5, 5.41) is 0.673. The molecule has 0 aliphatic carbocycles. The van der Waals surface area contributed by atoms with Crippen molar-refractivity contribution in [3.8, 4) is 0 Å². The summed E-state index contributed by atoms with van der Waals surface area (Å²) >= 11 is 0. The highest BCUT2D eigenvalue weighted by Gasteiger charge is 2.43. The minimum absolute atomic E-state index is 0.116. The fourth-order valence-corrected chi connectivity index (χ4v) is 4.97. The number of carbonyl (C=O) groups excluding carboxylic acids is 2. The summed E-state index contributed by atoms with van der Waals surface area (Å²) in [5.74, 6) is -0.686. The summed E-state index contributed by atoms with van der Waals surface area (Å²) in [5.41, 5.74) is -0.845. The van der Waals surface area contributed by atoms with Crippen molar-refractivity contribution in [2.45, 2.75) is 52.8 Å². The molecule has 9 heteroatoms. The van der Waals surface area contributed by atoms with Gasteiger partial charge in [0.2, 0.25) is 0 Å². The van der Waals surface area contributed by atoms with Crippen molar-refractivity contribution in [2.24, 2.45) is 0 Å². The van der Waals surface area contributed by atoms with E-state index in [1.165, 1.54) is 4.57 Å². The van der Waals surface area contributed by atoms with E-state index < -0.39 is 30.9 Å². The van der Waals surface area contributed by atoms with Crippen LogP contribution in [0.3, 0.4) is 0 Å². The first-order valence-corrected chi connectivity index (χ1v) is 11.6. The predicted octanol–water partition coefficient (Wildman–Crippen LogP) is 5.29. The van der Waals surface area contributed by atoms with Gasteiger partial charge in [-0.25, -0.2) is 4.79 Å². The number of nitrogens with zero attached hydrogens (tertiary/aromatic N) is 1. The molecule has 1 unspecified atom stereocenters. The Kier molecular flexibility index (Phi) is 7.86. The van der Waals surface area contributed by atoms with Crippen LogP contribution in [0, 0.1) is 0 Å². The van der Waals surface area contributed by atoms with Gasteiger partial charge in [0, 0.05) is 11.6 Å². The molecular formula is C21H30NO7P. The second-order valence-electron chi connectivity index (χ2n) is 7.51. The highest BCUT2D eigenvalue weighted by Crippen LogP contribution is 2.61. The van der Waals surface area contributed by atoms with Crippen LogP contribution in [0.15, 0.2) is 30.5 Å². The maximum Gasteiger partial charge on any atom is 0.418 e. The van der Waals surface area contributed by atoms with Gasteiger partial charge in [-0.3, -0.25) is 13.9 Å². The Bertz CT molecular complexity index is 934. The van der Waals surface area contributed by atoms with Crippen molar-refractivity contribution in [3.63, 3.8) is 0 Å². The quantitative estimate of drug-likeness (QED) is 0.407. The van der Waals surface area contributed by atoms with Gasteiger partial charge in [-0.1, -0.05) is 6.07 Å². The SMILES string of the molecule is CCOC(=O)C(c1ccc2c(ccn2C(=O)OC(C)(C)C)c1)P(=O)(OCC)OCC. The zero-order valence-electron chi connectivity index (χ0n) is 18.3. The van der Waals surface area contributed by atoms with Crippen molar-refractivity contribution >= 4 is 30.6 Å². The molecule has 0 saturated carbocycles. The Morgan fingerprint density at radius 3 is 2.20 bits per heavy atom.